The highest BCUT2D eigenvalue weighted by molar-refractivity contribution is 9.10. The number of pyridine rings is 1. The van der Waals surface area contributed by atoms with Crippen LogP contribution in [0.3, 0.4) is 0 Å². The summed E-state index contributed by atoms with van der Waals surface area (Å²) < 4.78 is 9.88. The summed E-state index contributed by atoms with van der Waals surface area (Å²) in [7, 11) is 1.60. The Morgan fingerprint density at radius 3 is 2.68 bits per heavy atom. The first kappa shape index (κ1) is 21.3. The van der Waals surface area contributed by atoms with Crippen LogP contribution < -0.4 is 15.2 Å². The number of nitrogens with zero attached hydrogens (tertiary/aromatic N) is 6. The number of fused-ring (bicyclic) bond motifs is 1. The van der Waals surface area contributed by atoms with Crippen molar-refractivity contribution in [1.82, 2.24) is 24.5 Å². The summed E-state index contributed by atoms with van der Waals surface area (Å²) in [5.41, 5.74) is 0.672. The molecule has 11 heteroatoms. The molecular formula is C20H23BrN6O4. The molecule has 1 aliphatic carbocycles. The molecule has 4 rings (SSSR count). The van der Waals surface area contributed by atoms with E-state index in [2.05, 4.69) is 31.1 Å². The molecule has 1 amide bonds. The lowest BCUT2D eigenvalue weighted by Crippen LogP contribution is -2.29. The molecule has 0 unspecified atom stereocenters. The van der Waals surface area contributed by atoms with Crippen molar-refractivity contribution in [3.63, 3.8) is 0 Å². The molecule has 1 saturated carbocycles. The van der Waals surface area contributed by atoms with Gasteiger partial charge in [0, 0.05) is 38.0 Å². The SMILES string of the molecule is CCN(C(=O)O)c1cc2c(cn1)c(Br)nn2C1CCC(Oc2ccc(=O)n(C)n2)CC1. The molecule has 0 bridgehead atoms. The van der Waals surface area contributed by atoms with Crippen molar-refractivity contribution >= 4 is 38.7 Å². The minimum Gasteiger partial charge on any atom is -0.473 e. The van der Waals surface area contributed by atoms with Gasteiger partial charge < -0.3 is 9.84 Å². The highest BCUT2D eigenvalue weighted by Crippen LogP contribution is 2.35. The topological polar surface area (TPSA) is 115 Å². The Morgan fingerprint density at radius 1 is 1.29 bits per heavy atom. The van der Waals surface area contributed by atoms with Gasteiger partial charge in [-0.2, -0.15) is 5.10 Å². The fourth-order valence-corrected chi connectivity index (χ4v) is 4.40. The maximum atomic E-state index is 11.5. The van der Waals surface area contributed by atoms with E-state index in [1.807, 2.05) is 4.68 Å². The smallest absolute Gasteiger partial charge is 0.412 e. The van der Waals surface area contributed by atoms with Crippen molar-refractivity contribution < 1.29 is 14.6 Å². The number of halogens is 1. The van der Waals surface area contributed by atoms with Crippen LogP contribution in [0, 0.1) is 0 Å². The Bertz CT molecular complexity index is 1170. The van der Waals surface area contributed by atoms with E-state index < -0.39 is 6.09 Å². The number of aromatic nitrogens is 5. The molecule has 3 heterocycles. The van der Waals surface area contributed by atoms with Gasteiger partial charge in [0.1, 0.15) is 16.5 Å². The van der Waals surface area contributed by atoms with Crippen LogP contribution in [0.2, 0.25) is 0 Å². The lowest BCUT2D eigenvalue weighted by molar-refractivity contribution is 0.123. The summed E-state index contributed by atoms with van der Waals surface area (Å²) in [6.45, 7) is 2.08. The maximum absolute atomic E-state index is 11.5. The van der Waals surface area contributed by atoms with E-state index >= 15 is 0 Å². The summed E-state index contributed by atoms with van der Waals surface area (Å²) in [5, 5.41) is 19.1. The number of ether oxygens (including phenoxy) is 1. The van der Waals surface area contributed by atoms with Gasteiger partial charge in [-0.1, -0.05) is 0 Å². The van der Waals surface area contributed by atoms with Gasteiger partial charge in [-0.15, -0.1) is 5.10 Å². The predicted octanol–water partition coefficient (Wildman–Crippen LogP) is 3.35. The van der Waals surface area contributed by atoms with Crippen LogP contribution in [0.25, 0.3) is 10.9 Å². The van der Waals surface area contributed by atoms with Crippen LogP contribution >= 0.6 is 15.9 Å². The Labute approximate surface area is 186 Å². The molecule has 0 aromatic carbocycles. The van der Waals surface area contributed by atoms with Crippen LogP contribution in [0.1, 0.15) is 38.6 Å². The highest BCUT2D eigenvalue weighted by Gasteiger charge is 2.27. The number of carbonyl (C=O) groups is 1. The monoisotopic (exact) mass is 490 g/mol. The Morgan fingerprint density at radius 2 is 2.03 bits per heavy atom. The van der Waals surface area contributed by atoms with Crippen molar-refractivity contribution in [2.75, 3.05) is 11.4 Å². The van der Waals surface area contributed by atoms with Crippen molar-refractivity contribution in [3.8, 4) is 5.88 Å². The third-order valence-electron chi connectivity index (χ3n) is 5.57. The number of hydrogen-bond donors (Lipinski definition) is 1. The first-order valence-corrected chi connectivity index (χ1v) is 10.9. The van der Waals surface area contributed by atoms with Crippen molar-refractivity contribution in [1.29, 1.82) is 0 Å². The molecule has 31 heavy (non-hydrogen) atoms. The first-order valence-electron chi connectivity index (χ1n) is 10.1. The van der Waals surface area contributed by atoms with E-state index in [4.69, 9.17) is 4.74 Å². The summed E-state index contributed by atoms with van der Waals surface area (Å²) in [5.74, 6) is 0.829. The van der Waals surface area contributed by atoms with Crippen molar-refractivity contribution in [2.24, 2.45) is 7.05 Å². The van der Waals surface area contributed by atoms with Gasteiger partial charge in [-0.05, 0) is 48.5 Å². The third kappa shape index (κ3) is 4.27. The first-order chi connectivity index (χ1) is 14.9. The molecule has 3 aromatic rings. The third-order valence-corrected chi connectivity index (χ3v) is 6.15. The highest BCUT2D eigenvalue weighted by atomic mass is 79.9. The van der Waals surface area contributed by atoms with E-state index in [1.165, 1.54) is 15.6 Å². The van der Waals surface area contributed by atoms with Gasteiger partial charge >= 0.3 is 6.09 Å². The van der Waals surface area contributed by atoms with Crippen LogP contribution in [0.15, 0.2) is 33.8 Å². The number of amides is 1. The van der Waals surface area contributed by atoms with E-state index in [-0.39, 0.29) is 17.7 Å². The number of anilines is 1. The molecule has 3 aromatic heterocycles. The molecule has 0 radical (unpaired) electrons. The molecule has 1 fully saturated rings. The van der Waals surface area contributed by atoms with Gasteiger partial charge in [-0.25, -0.2) is 14.5 Å². The average Bonchev–Trinajstić information content (AvgIpc) is 3.08. The Kier molecular flexibility index (Phi) is 5.94. The largest absolute Gasteiger partial charge is 0.473 e. The number of rotatable bonds is 5. The second-order valence-electron chi connectivity index (χ2n) is 7.50. The molecule has 164 valence electrons. The molecular weight excluding hydrogens is 468 g/mol. The summed E-state index contributed by atoms with van der Waals surface area (Å²) in [6.07, 6.45) is 3.99. The fraction of sp³-hybridized carbons (Fsp3) is 0.450. The Balaban J connectivity index is 1.52. The minimum atomic E-state index is -1.04. The molecule has 0 saturated heterocycles. The summed E-state index contributed by atoms with van der Waals surface area (Å²) in [4.78, 5) is 28.5. The van der Waals surface area contributed by atoms with Gasteiger partial charge in [0.15, 0.2) is 0 Å². The molecule has 1 N–H and O–H groups in total. The van der Waals surface area contributed by atoms with Crippen LogP contribution in [0.4, 0.5) is 10.6 Å². The van der Waals surface area contributed by atoms with Gasteiger partial charge in [-0.3, -0.25) is 14.4 Å². The minimum absolute atomic E-state index is 0.0198. The molecule has 10 nitrogen and oxygen atoms in total. The molecule has 0 spiro atoms. The van der Waals surface area contributed by atoms with E-state index in [9.17, 15) is 14.7 Å². The average molecular weight is 491 g/mol. The van der Waals surface area contributed by atoms with Crippen LogP contribution in [-0.4, -0.2) is 48.4 Å². The number of hydrogen-bond acceptors (Lipinski definition) is 6. The second-order valence-corrected chi connectivity index (χ2v) is 8.25. The van der Waals surface area contributed by atoms with Crippen molar-refractivity contribution in [2.45, 2.75) is 44.8 Å². The predicted molar refractivity (Wildman–Crippen MR) is 118 cm³/mol. The standard InChI is InChI=1S/C20H23BrN6O4/c1-3-26(20(29)30)16-10-15-14(11-22-16)19(21)24-27(15)12-4-6-13(7-5-12)31-17-8-9-18(28)25(2)23-17/h8-13H,3-7H2,1-2H3,(H,29,30). The van der Waals surface area contributed by atoms with E-state index in [0.29, 0.717) is 22.8 Å². The zero-order chi connectivity index (χ0) is 22.1. The summed E-state index contributed by atoms with van der Waals surface area (Å²) in [6, 6.07) is 4.99. The van der Waals surface area contributed by atoms with Gasteiger partial charge in [0.25, 0.3) is 5.56 Å². The van der Waals surface area contributed by atoms with E-state index in [1.54, 1.807) is 32.3 Å². The normalized spacial score (nSPS) is 18.8. The lowest BCUT2D eigenvalue weighted by Gasteiger charge is -2.29. The van der Waals surface area contributed by atoms with Gasteiger partial charge in [0.2, 0.25) is 5.88 Å². The Hall–Kier alpha value is -2.95. The molecule has 1 aliphatic rings. The second kappa shape index (κ2) is 8.66. The molecule has 0 aliphatic heterocycles. The summed E-state index contributed by atoms with van der Waals surface area (Å²) >= 11 is 3.50. The number of aryl methyl sites for hydroxylation is 1. The number of carboxylic acid groups (broad SMARTS) is 1. The van der Waals surface area contributed by atoms with Crippen LogP contribution in [0.5, 0.6) is 5.88 Å². The maximum Gasteiger partial charge on any atom is 0.412 e. The van der Waals surface area contributed by atoms with Crippen LogP contribution in [-0.2, 0) is 7.05 Å². The van der Waals surface area contributed by atoms with E-state index in [0.717, 1.165) is 36.6 Å². The molecule has 0 atom stereocenters. The lowest BCUT2D eigenvalue weighted by atomic mass is 9.93. The van der Waals surface area contributed by atoms with Crippen molar-refractivity contribution in [3.05, 3.63) is 39.4 Å². The fourth-order valence-electron chi connectivity index (χ4n) is 3.93. The van der Waals surface area contributed by atoms with Gasteiger partial charge in [0.05, 0.1) is 16.9 Å². The zero-order valence-corrected chi connectivity index (χ0v) is 18.8. The quantitative estimate of drug-likeness (QED) is 0.582. The zero-order valence-electron chi connectivity index (χ0n) is 17.2.